The summed E-state index contributed by atoms with van der Waals surface area (Å²) in [5, 5.41) is 3.96. The number of nitrogens with one attached hydrogen (secondary N) is 1. The minimum Gasteiger partial charge on any atom is -0.368 e. The number of aromatic nitrogens is 2. The van der Waals surface area contributed by atoms with Crippen molar-refractivity contribution in [3.05, 3.63) is 76.6 Å². The van der Waals surface area contributed by atoms with Crippen molar-refractivity contribution in [1.29, 1.82) is 0 Å². The Labute approximate surface area is 187 Å². The monoisotopic (exact) mass is 435 g/mol. The van der Waals surface area contributed by atoms with Gasteiger partial charge in [0.15, 0.2) is 5.65 Å². The van der Waals surface area contributed by atoms with Crippen LogP contribution in [0.4, 0.5) is 0 Å². The maximum absolute atomic E-state index is 13.4. The summed E-state index contributed by atoms with van der Waals surface area (Å²) in [5.41, 5.74) is 5.60. The number of imidazole rings is 1. The molecule has 1 amide bonds. The summed E-state index contributed by atoms with van der Waals surface area (Å²) in [7, 11) is 0. The molecule has 0 spiro atoms. The van der Waals surface area contributed by atoms with Crippen molar-refractivity contribution < 1.29 is 4.79 Å². The van der Waals surface area contributed by atoms with Crippen molar-refractivity contribution in [1.82, 2.24) is 24.5 Å². The molecule has 6 nitrogen and oxygen atoms in total. The van der Waals surface area contributed by atoms with Gasteiger partial charge in [-0.1, -0.05) is 24.6 Å². The number of hydrogen-bond acceptors (Lipinski definition) is 4. The van der Waals surface area contributed by atoms with Crippen molar-refractivity contribution in [2.45, 2.75) is 20.3 Å². The third-order valence-electron chi connectivity index (χ3n) is 6.13. The van der Waals surface area contributed by atoms with Gasteiger partial charge in [0.05, 0.1) is 16.4 Å². The summed E-state index contributed by atoms with van der Waals surface area (Å²) in [5.74, 6) is 0.145. The summed E-state index contributed by atoms with van der Waals surface area (Å²) in [4.78, 5) is 21.9. The topological polar surface area (TPSA) is 52.9 Å². The molecule has 0 aromatic carbocycles. The molecule has 160 valence electrons. The number of hydrogen-bond donors (Lipinski definition) is 1. The Kier molecular flexibility index (Phi) is 5.20. The predicted molar refractivity (Wildman–Crippen MR) is 123 cm³/mol. The van der Waals surface area contributed by atoms with Crippen LogP contribution in [-0.4, -0.2) is 51.3 Å². The van der Waals surface area contributed by atoms with Gasteiger partial charge in [-0.25, -0.2) is 4.98 Å². The smallest absolute Gasteiger partial charge is 0.255 e. The van der Waals surface area contributed by atoms with Gasteiger partial charge in [-0.05, 0) is 48.6 Å². The number of nitrogens with zero attached hydrogens (tertiary/aromatic N) is 4. The normalized spacial score (nSPS) is 22.0. The van der Waals surface area contributed by atoms with Gasteiger partial charge in [0.2, 0.25) is 0 Å². The fourth-order valence-electron chi connectivity index (χ4n) is 4.44. The fraction of sp³-hybridized carbons (Fsp3) is 0.333. The first-order valence-corrected chi connectivity index (χ1v) is 11.1. The fourth-order valence-corrected chi connectivity index (χ4v) is 4.70. The molecule has 1 atom stereocenters. The van der Waals surface area contributed by atoms with Gasteiger partial charge in [-0.3, -0.25) is 9.69 Å². The van der Waals surface area contributed by atoms with Gasteiger partial charge in [-0.2, -0.15) is 0 Å². The largest absolute Gasteiger partial charge is 0.368 e. The number of rotatable bonds is 2. The number of carbonyl (C=O) groups is 1. The van der Waals surface area contributed by atoms with Crippen LogP contribution in [0.2, 0.25) is 5.02 Å². The summed E-state index contributed by atoms with van der Waals surface area (Å²) in [6.45, 7) is 7.90. The van der Waals surface area contributed by atoms with Crippen molar-refractivity contribution >= 4 is 28.7 Å². The van der Waals surface area contributed by atoms with E-state index in [9.17, 15) is 4.79 Å². The SMILES string of the molecule is Cc1cn2cc(C3=CC(=O)N4C=C(N5CCNCC5)C=CC4=CCC3C)cc(Cl)c2n1. The highest BCUT2D eigenvalue weighted by Gasteiger charge is 2.25. The summed E-state index contributed by atoms with van der Waals surface area (Å²) in [6, 6.07) is 1.92. The molecule has 0 radical (unpaired) electrons. The lowest BCUT2D eigenvalue weighted by atomic mass is 9.90. The number of halogens is 1. The highest BCUT2D eigenvalue weighted by molar-refractivity contribution is 6.33. The van der Waals surface area contributed by atoms with Gasteiger partial charge in [0.25, 0.3) is 5.91 Å². The van der Waals surface area contributed by atoms with Crippen LogP contribution in [0.3, 0.4) is 0 Å². The van der Waals surface area contributed by atoms with Crippen LogP contribution in [0.5, 0.6) is 0 Å². The van der Waals surface area contributed by atoms with Gasteiger partial charge < -0.3 is 14.6 Å². The van der Waals surface area contributed by atoms with E-state index in [4.69, 9.17) is 11.6 Å². The second kappa shape index (κ2) is 8.02. The van der Waals surface area contributed by atoms with E-state index < -0.39 is 0 Å². The van der Waals surface area contributed by atoms with Crippen molar-refractivity contribution in [2.24, 2.45) is 5.92 Å². The maximum atomic E-state index is 13.4. The predicted octanol–water partition coefficient (Wildman–Crippen LogP) is 3.75. The first-order chi connectivity index (χ1) is 15.0. The summed E-state index contributed by atoms with van der Waals surface area (Å²) < 4.78 is 1.94. The number of carbonyl (C=O) groups excluding carboxylic acids is 1. The van der Waals surface area contributed by atoms with E-state index in [1.165, 1.54) is 0 Å². The molecule has 31 heavy (non-hydrogen) atoms. The van der Waals surface area contributed by atoms with Gasteiger partial charge in [-0.15, -0.1) is 0 Å². The molecule has 2 aromatic heterocycles. The van der Waals surface area contributed by atoms with Crippen LogP contribution in [0.25, 0.3) is 11.2 Å². The van der Waals surface area contributed by atoms with Crippen LogP contribution in [0, 0.1) is 12.8 Å². The first-order valence-electron chi connectivity index (χ1n) is 10.8. The van der Waals surface area contributed by atoms with E-state index in [0.717, 1.165) is 66.5 Å². The lowest BCUT2D eigenvalue weighted by molar-refractivity contribution is -0.122. The number of fused-ring (bicyclic) bond motifs is 2. The number of pyridine rings is 1. The maximum Gasteiger partial charge on any atom is 0.255 e. The average molecular weight is 436 g/mol. The molecule has 5 heterocycles. The number of amides is 1. The van der Waals surface area contributed by atoms with Crippen LogP contribution in [-0.2, 0) is 4.79 Å². The highest BCUT2D eigenvalue weighted by atomic mass is 35.5. The second-order valence-corrected chi connectivity index (χ2v) is 8.80. The molecule has 5 rings (SSSR count). The quantitative estimate of drug-likeness (QED) is 0.780. The highest BCUT2D eigenvalue weighted by Crippen LogP contribution is 2.33. The average Bonchev–Trinajstić information content (AvgIpc) is 3.16. The van der Waals surface area contributed by atoms with Crippen molar-refractivity contribution in [3.8, 4) is 0 Å². The minimum absolute atomic E-state index is 0.0391. The molecule has 7 heteroatoms. The lowest BCUT2D eigenvalue weighted by Crippen LogP contribution is -2.43. The van der Waals surface area contributed by atoms with E-state index in [1.54, 1.807) is 11.0 Å². The van der Waals surface area contributed by atoms with E-state index in [0.29, 0.717) is 5.02 Å². The zero-order valence-electron chi connectivity index (χ0n) is 17.8. The Morgan fingerprint density at radius 2 is 1.94 bits per heavy atom. The molecule has 1 saturated heterocycles. The zero-order chi connectivity index (χ0) is 21.5. The third-order valence-corrected chi connectivity index (χ3v) is 6.41. The number of piperazine rings is 1. The van der Waals surface area contributed by atoms with Crippen molar-refractivity contribution in [3.63, 3.8) is 0 Å². The molecule has 0 aliphatic carbocycles. The first kappa shape index (κ1) is 20.1. The molecule has 3 aliphatic rings. The Morgan fingerprint density at radius 3 is 2.74 bits per heavy atom. The number of allylic oxidation sites excluding steroid dienone is 4. The Balaban J connectivity index is 1.51. The van der Waals surface area contributed by atoms with Crippen LogP contribution >= 0.6 is 11.6 Å². The molecule has 0 saturated carbocycles. The van der Waals surface area contributed by atoms with E-state index >= 15 is 0 Å². The molecule has 1 fully saturated rings. The summed E-state index contributed by atoms with van der Waals surface area (Å²) >= 11 is 6.52. The molecule has 2 aromatic rings. The minimum atomic E-state index is -0.0391. The molecule has 1 unspecified atom stereocenters. The third kappa shape index (κ3) is 3.82. The molecular formula is C24H26ClN5O. The Bertz CT molecular complexity index is 1170. The van der Waals surface area contributed by atoms with E-state index in [2.05, 4.69) is 40.4 Å². The van der Waals surface area contributed by atoms with E-state index in [1.807, 2.05) is 36.0 Å². The van der Waals surface area contributed by atoms with Crippen LogP contribution in [0.1, 0.15) is 24.6 Å². The van der Waals surface area contributed by atoms with Crippen molar-refractivity contribution in [2.75, 3.05) is 26.2 Å². The Hall–Kier alpha value is -2.83. The molecule has 3 aliphatic heterocycles. The molecule has 0 bridgehead atoms. The molecular weight excluding hydrogens is 410 g/mol. The van der Waals surface area contributed by atoms with Crippen LogP contribution < -0.4 is 5.32 Å². The van der Waals surface area contributed by atoms with E-state index in [-0.39, 0.29) is 11.8 Å². The van der Waals surface area contributed by atoms with Crippen LogP contribution in [0.15, 0.2) is 60.4 Å². The molecule has 1 N–H and O–H groups in total. The van der Waals surface area contributed by atoms with Gasteiger partial charge in [0, 0.05) is 56.5 Å². The number of aryl methyl sites for hydroxylation is 1. The zero-order valence-corrected chi connectivity index (χ0v) is 18.6. The van der Waals surface area contributed by atoms with Gasteiger partial charge in [0.1, 0.15) is 0 Å². The summed E-state index contributed by atoms with van der Waals surface area (Å²) in [6.07, 6.45) is 14.9. The second-order valence-electron chi connectivity index (χ2n) is 8.39. The standard InChI is InChI=1S/C24H26ClN5O/c1-16-3-4-19-5-6-20(28-9-7-26-8-10-28)15-30(19)23(31)12-21(16)18-11-22(25)24-27-17(2)13-29(24)14-18/h4-6,11-16,26H,3,7-10H2,1-2H3. The van der Waals surface area contributed by atoms with Gasteiger partial charge >= 0.3 is 0 Å². The Morgan fingerprint density at radius 1 is 1.16 bits per heavy atom. The lowest BCUT2D eigenvalue weighted by Gasteiger charge is -2.34.